The summed E-state index contributed by atoms with van der Waals surface area (Å²) >= 11 is -5.85. The van der Waals surface area contributed by atoms with Crippen molar-refractivity contribution in [1.29, 1.82) is 0 Å². The molecule has 4 heteroatoms. The molecule has 0 bridgehead atoms. The summed E-state index contributed by atoms with van der Waals surface area (Å²) in [6.45, 7) is 18.8. The van der Waals surface area contributed by atoms with Crippen LogP contribution >= 0.6 is 17.2 Å². The van der Waals surface area contributed by atoms with Crippen molar-refractivity contribution in [3.8, 4) is 33.4 Å². The maximum absolute atomic E-state index is 9.41. The van der Waals surface area contributed by atoms with E-state index in [2.05, 4.69) is 195 Å². The molecule has 0 fully saturated rings. The third-order valence-electron chi connectivity index (χ3n) is 13.8. The summed E-state index contributed by atoms with van der Waals surface area (Å²) in [5.41, 5.74) is 18.8. The van der Waals surface area contributed by atoms with Crippen molar-refractivity contribution in [3.63, 3.8) is 0 Å². The Morgan fingerprint density at radius 3 is 1.37 bits per heavy atom. The van der Waals surface area contributed by atoms with Gasteiger partial charge in [-0.05, 0) is 0 Å². The molecular formula is C56H59Cl2HfSi. The fourth-order valence-electron chi connectivity index (χ4n) is 11.4. The summed E-state index contributed by atoms with van der Waals surface area (Å²) in [5.74, 6) is 1.61. The first kappa shape index (κ1) is 41.8. The third-order valence-corrected chi connectivity index (χ3v) is 45.3. The first-order valence-electron chi connectivity index (χ1n) is 22.4. The number of halogens is 2. The molecule has 0 nitrogen and oxygen atoms in total. The van der Waals surface area contributed by atoms with Gasteiger partial charge in [0, 0.05) is 0 Å². The van der Waals surface area contributed by atoms with Gasteiger partial charge in [0.15, 0.2) is 0 Å². The van der Waals surface area contributed by atoms with Crippen molar-refractivity contribution in [2.75, 3.05) is 0 Å². The molecule has 6 aromatic rings. The van der Waals surface area contributed by atoms with Crippen LogP contribution in [0.4, 0.5) is 0 Å². The Morgan fingerprint density at radius 1 is 0.467 bits per heavy atom. The van der Waals surface area contributed by atoms with E-state index >= 15 is 0 Å². The number of allylic oxidation sites excluding steroid dienone is 2. The van der Waals surface area contributed by atoms with E-state index in [0.717, 1.165) is 12.8 Å². The molecule has 0 spiro atoms. The second kappa shape index (κ2) is 16.0. The Labute approximate surface area is 370 Å². The first-order chi connectivity index (χ1) is 28.8. The van der Waals surface area contributed by atoms with Gasteiger partial charge >= 0.3 is 373 Å². The van der Waals surface area contributed by atoms with Crippen LogP contribution in [0.25, 0.3) is 45.5 Å². The SMILES string of the molecule is CC(C)Cc1ccccc1-c1cccc2c1C=C(C(C)C)[CH]2[Hf]([Cl])([Cl])([c]1cccc2c1[SiH2]c1ccccc1-2)[CH]1C(C(C)C)=Cc2c(-c3ccccc3CC(C)C)cccc21. The number of hydrogen-bond donors (Lipinski definition) is 0. The van der Waals surface area contributed by atoms with Gasteiger partial charge in [0.2, 0.25) is 0 Å². The van der Waals surface area contributed by atoms with Crippen LogP contribution in [-0.2, 0) is 29.0 Å². The predicted octanol–water partition coefficient (Wildman–Crippen LogP) is 13.7. The molecule has 0 saturated heterocycles. The molecule has 305 valence electrons. The van der Waals surface area contributed by atoms with E-state index in [0.29, 0.717) is 11.8 Å². The monoisotopic (exact) mass is 1010 g/mol. The topological polar surface area (TPSA) is 0 Å². The van der Waals surface area contributed by atoms with Crippen LogP contribution in [0.2, 0.25) is 0 Å². The molecule has 6 aromatic carbocycles. The summed E-state index contributed by atoms with van der Waals surface area (Å²) in [4.78, 5) is 0. The van der Waals surface area contributed by atoms with Crippen LogP contribution in [0.1, 0.15) is 96.1 Å². The van der Waals surface area contributed by atoms with Crippen molar-refractivity contribution >= 4 is 52.5 Å². The minimum atomic E-state index is -5.85. The van der Waals surface area contributed by atoms with Crippen molar-refractivity contribution in [1.82, 2.24) is 0 Å². The van der Waals surface area contributed by atoms with Crippen LogP contribution in [-0.4, -0.2) is 9.52 Å². The predicted molar refractivity (Wildman–Crippen MR) is 263 cm³/mol. The molecule has 0 N–H and O–H groups in total. The fourth-order valence-corrected chi connectivity index (χ4v) is 50.9. The van der Waals surface area contributed by atoms with Gasteiger partial charge in [0.25, 0.3) is 0 Å². The molecule has 60 heavy (non-hydrogen) atoms. The molecule has 0 saturated carbocycles. The molecule has 1 aliphatic heterocycles. The zero-order valence-electron chi connectivity index (χ0n) is 36.6. The Hall–Kier alpha value is -3.53. The van der Waals surface area contributed by atoms with Gasteiger partial charge in [-0.25, -0.2) is 0 Å². The Bertz CT molecular complexity index is 2580. The Morgan fingerprint density at radius 2 is 0.883 bits per heavy atom. The van der Waals surface area contributed by atoms with E-state index in [4.69, 9.17) is 0 Å². The van der Waals surface area contributed by atoms with E-state index < -0.39 is 25.7 Å². The summed E-state index contributed by atoms with van der Waals surface area (Å²) in [6.07, 6.45) is 7.14. The minimum absolute atomic E-state index is 0.100. The van der Waals surface area contributed by atoms with Gasteiger partial charge in [-0.3, -0.25) is 0 Å². The van der Waals surface area contributed by atoms with Crippen molar-refractivity contribution in [3.05, 3.63) is 172 Å². The van der Waals surface area contributed by atoms with Crippen molar-refractivity contribution in [2.24, 2.45) is 23.7 Å². The zero-order chi connectivity index (χ0) is 42.1. The van der Waals surface area contributed by atoms with E-state index in [1.54, 1.807) is 0 Å². The average Bonchev–Trinajstić information content (AvgIpc) is 3.94. The molecule has 3 aliphatic rings. The van der Waals surface area contributed by atoms with Gasteiger partial charge < -0.3 is 0 Å². The Kier molecular flexibility index (Phi) is 11.1. The molecular weight excluding hydrogens is 950 g/mol. The average molecular weight is 1010 g/mol. The Balaban J connectivity index is 1.36. The first-order valence-corrected chi connectivity index (χ1v) is 38.7. The van der Waals surface area contributed by atoms with Gasteiger partial charge in [-0.15, -0.1) is 0 Å². The number of fused-ring (bicyclic) bond motifs is 5. The summed E-state index contributed by atoms with van der Waals surface area (Å²) in [7, 11) is 18.0. The third kappa shape index (κ3) is 6.79. The normalized spacial score (nSPS) is 17.8. The summed E-state index contributed by atoms with van der Waals surface area (Å²) in [6, 6.07) is 48.3. The number of benzene rings is 6. The van der Waals surface area contributed by atoms with Gasteiger partial charge in [0.1, 0.15) is 0 Å². The van der Waals surface area contributed by atoms with Crippen LogP contribution in [0.3, 0.4) is 0 Å². The molecule has 0 amide bonds. The van der Waals surface area contributed by atoms with E-state index in [1.807, 2.05) is 0 Å². The molecule has 1 heterocycles. The zero-order valence-corrected chi connectivity index (χ0v) is 43.1. The molecule has 0 radical (unpaired) electrons. The van der Waals surface area contributed by atoms with Gasteiger partial charge in [-0.1, -0.05) is 0 Å². The molecule has 9 rings (SSSR count). The van der Waals surface area contributed by atoms with E-state index in [1.165, 1.54) is 91.6 Å². The standard InChI is InChI=1S/2C22H25.C12H9Si.2ClH.Hf/c2*1-15(2)12-17-8-5-6-10-20(17)21-11-7-9-18-13-19(16(3)4)14-22(18)21;1-3-7-11-9(5-1)10-6-2-4-8-12(10)13-11;;;/h2*5-11,13-16H,12H2,1-4H3;1-7H,13H2;2*1H;/q;;;;;+2/p-2. The summed E-state index contributed by atoms with van der Waals surface area (Å²) in [5, 5.41) is 2.97. The summed E-state index contributed by atoms with van der Waals surface area (Å²) < 4.78 is 1.11. The van der Waals surface area contributed by atoms with Crippen LogP contribution < -0.4 is 13.7 Å². The molecule has 2 atom stereocenters. The number of hydrogen-bond acceptors (Lipinski definition) is 0. The van der Waals surface area contributed by atoms with Crippen LogP contribution in [0, 0.1) is 23.7 Å². The van der Waals surface area contributed by atoms with Gasteiger partial charge in [0.05, 0.1) is 0 Å². The maximum atomic E-state index is 9.41. The second-order valence-corrected chi connectivity index (χ2v) is 50.5. The fraction of sp³-hybridized carbons (Fsp3) is 0.286. The number of rotatable bonds is 11. The van der Waals surface area contributed by atoms with Crippen molar-refractivity contribution in [2.45, 2.75) is 75.6 Å². The van der Waals surface area contributed by atoms with E-state index in [9.17, 15) is 17.2 Å². The van der Waals surface area contributed by atoms with Crippen LogP contribution in [0.5, 0.6) is 0 Å². The van der Waals surface area contributed by atoms with Crippen LogP contribution in [0.15, 0.2) is 139 Å². The van der Waals surface area contributed by atoms with Crippen molar-refractivity contribution < 1.29 is 16.1 Å². The van der Waals surface area contributed by atoms with Gasteiger partial charge in [-0.2, -0.15) is 0 Å². The quantitative estimate of drug-likeness (QED) is 0.113. The molecule has 2 aliphatic carbocycles. The second-order valence-electron chi connectivity index (χ2n) is 19.4. The van der Waals surface area contributed by atoms with E-state index in [-0.39, 0.29) is 19.2 Å². The molecule has 0 aromatic heterocycles. The molecule has 2 unspecified atom stereocenters.